The predicted molar refractivity (Wildman–Crippen MR) is 108 cm³/mol. The van der Waals surface area contributed by atoms with Crippen LogP contribution in [-0.2, 0) is 9.59 Å². The van der Waals surface area contributed by atoms with Crippen molar-refractivity contribution in [3.05, 3.63) is 52.0 Å². The monoisotopic (exact) mass is 422 g/mol. The smallest absolute Gasteiger partial charge is 0.254 e. The molecular formula is C20H20Cl2N2O4. The molecule has 0 aromatic heterocycles. The number of anilines is 1. The Kier molecular flexibility index (Phi) is 6.31. The van der Waals surface area contributed by atoms with Gasteiger partial charge in [0.25, 0.3) is 5.91 Å². The van der Waals surface area contributed by atoms with Gasteiger partial charge in [0.15, 0.2) is 11.5 Å². The van der Waals surface area contributed by atoms with Crippen LogP contribution in [0.2, 0.25) is 10.0 Å². The van der Waals surface area contributed by atoms with E-state index < -0.39 is 6.04 Å². The molecule has 1 aliphatic heterocycles. The van der Waals surface area contributed by atoms with Crippen LogP contribution in [0.4, 0.5) is 5.69 Å². The van der Waals surface area contributed by atoms with E-state index in [1.54, 1.807) is 24.1 Å². The molecule has 0 spiro atoms. The second kappa shape index (κ2) is 8.71. The van der Waals surface area contributed by atoms with Crippen LogP contribution in [0.25, 0.3) is 0 Å². The van der Waals surface area contributed by atoms with Gasteiger partial charge in [0.2, 0.25) is 5.91 Å². The minimum absolute atomic E-state index is 0.266. The van der Waals surface area contributed by atoms with Crippen molar-refractivity contribution in [2.75, 3.05) is 25.2 Å². The number of para-hydroxylation sites is 2. The highest BCUT2D eigenvalue weighted by Gasteiger charge is 2.40. The van der Waals surface area contributed by atoms with Gasteiger partial charge in [-0.25, -0.2) is 0 Å². The summed E-state index contributed by atoms with van der Waals surface area (Å²) in [4.78, 5) is 26.0. The van der Waals surface area contributed by atoms with E-state index >= 15 is 0 Å². The fourth-order valence-corrected chi connectivity index (χ4v) is 3.73. The van der Waals surface area contributed by atoms with Gasteiger partial charge in [0, 0.05) is 24.1 Å². The highest BCUT2D eigenvalue weighted by atomic mass is 35.5. The van der Waals surface area contributed by atoms with Crippen LogP contribution in [0.1, 0.15) is 24.9 Å². The van der Waals surface area contributed by atoms with Crippen LogP contribution in [0.5, 0.6) is 11.5 Å². The van der Waals surface area contributed by atoms with Gasteiger partial charge in [-0.15, -0.1) is 0 Å². The normalized spacial score (nSPS) is 15.4. The molecule has 6 nitrogen and oxygen atoms in total. The van der Waals surface area contributed by atoms with Gasteiger partial charge in [-0.1, -0.05) is 35.3 Å². The first kappa shape index (κ1) is 20.3. The molecule has 0 aliphatic carbocycles. The van der Waals surface area contributed by atoms with Crippen molar-refractivity contribution in [3.63, 3.8) is 0 Å². The maximum absolute atomic E-state index is 12.9. The fourth-order valence-electron chi connectivity index (χ4n) is 3.20. The van der Waals surface area contributed by atoms with Crippen molar-refractivity contribution >= 4 is 40.7 Å². The Morgan fingerprint density at radius 3 is 2.50 bits per heavy atom. The van der Waals surface area contributed by atoms with Crippen LogP contribution in [0.3, 0.4) is 0 Å². The van der Waals surface area contributed by atoms with Crippen molar-refractivity contribution in [2.45, 2.75) is 19.4 Å². The van der Waals surface area contributed by atoms with E-state index in [9.17, 15) is 9.59 Å². The van der Waals surface area contributed by atoms with Crippen molar-refractivity contribution < 1.29 is 19.1 Å². The lowest BCUT2D eigenvalue weighted by Crippen LogP contribution is -2.37. The number of methoxy groups -OCH3 is 1. The van der Waals surface area contributed by atoms with Crippen LogP contribution in [0.15, 0.2) is 36.4 Å². The Labute approximate surface area is 173 Å². The lowest BCUT2D eigenvalue weighted by Gasteiger charge is -2.19. The predicted octanol–water partition coefficient (Wildman–Crippen LogP) is 3.99. The van der Waals surface area contributed by atoms with Crippen LogP contribution in [0, 0.1) is 0 Å². The average molecular weight is 423 g/mol. The molecule has 0 saturated heterocycles. The quantitative estimate of drug-likeness (QED) is 0.684. The van der Waals surface area contributed by atoms with Crippen LogP contribution < -0.4 is 19.7 Å². The molecule has 0 saturated carbocycles. The molecule has 2 amide bonds. The SMILES string of the molecule is COc1ccccc1OCCCN1C(=O)C(NC(C)=O)c2c(Cl)ccc(Cl)c21. The first-order valence-electron chi connectivity index (χ1n) is 8.76. The highest BCUT2D eigenvalue weighted by molar-refractivity contribution is 6.38. The van der Waals surface area contributed by atoms with Gasteiger partial charge >= 0.3 is 0 Å². The molecule has 2 aromatic rings. The van der Waals surface area contributed by atoms with E-state index in [2.05, 4.69) is 5.32 Å². The molecule has 1 N–H and O–H groups in total. The van der Waals surface area contributed by atoms with E-state index in [0.717, 1.165) is 0 Å². The second-order valence-electron chi connectivity index (χ2n) is 6.27. The summed E-state index contributed by atoms with van der Waals surface area (Å²) in [5, 5.41) is 3.45. The Bertz CT molecular complexity index is 904. The molecule has 8 heteroatoms. The molecule has 28 heavy (non-hydrogen) atoms. The fraction of sp³-hybridized carbons (Fsp3) is 0.300. The summed E-state index contributed by atoms with van der Waals surface area (Å²) in [6.45, 7) is 2.11. The zero-order valence-corrected chi connectivity index (χ0v) is 17.0. The summed E-state index contributed by atoms with van der Waals surface area (Å²) in [5.74, 6) is 0.695. The third-order valence-electron chi connectivity index (χ3n) is 4.39. The Balaban J connectivity index is 1.73. The van der Waals surface area contributed by atoms with Crippen molar-refractivity contribution in [3.8, 4) is 11.5 Å². The molecule has 3 rings (SSSR count). The van der Waals surface area contributed by atoms with E-state index in [-0.39, 0.29) is 11.8 Å². The van der Waals surface area contributed by atoms with Gasteiger partial charge < -0.3 is 19.7 Å². The van der Waals surface area contributed by atoms with Crippen molar-refractivity contribution in [1.29, 1.82) is 0 Å². The lowest BCUT2D eigenvalue weighted by molar-refractivity contribution is -0.126. The Morgan fingerprint density at radius 1 is 1.14 bits per heavy atom. The maximum Gasteiger partial charge on any atom is 0.254 e. The highest BCUT2D eigenvalue weighted by Crippen LogP contribution is 2.44. The molecule has 1 atom stereocenters. The molecule has 1 heterocycles. The summed E-state index contributed by atoms with van der Waals surface area (Å²) in [5.41, 5.74) is 1.07. The minimum Gasteiger partial charge on any atom is -0.493 e. The number of hydrogen-bond donors (Lipinski definition) is 1. The summed E-state index contributed by atoms with van der Waals surface area (Å²) in [7, 11) is 1.58. The molecule has 0 bridgehead atoms. The summed E-state index contributed by atoms with van der Waals surface area (Å²) in [6.07, 6.45) is 0.554. The number of fused-ring (bicyclic) bond motifs is 1. The minimum atomic E-state index is -0.839. The van der Waals surface area contributed by atoms with E-state index in [1.165, 1.54) is 6.92 Å². The number of amides is 2. The molecule has 0 radical (unpaired) electrons. The average Bonchev–Trinajstić information content (AvgIpc) is 2.95. The Morgan fingerprint density at radius 2 is 1.82 bits per heavy atom. The first-order valence-corrected chi connectivity index (χ1v) is 9.51. The molecule has 0 fully saturated rings. The Hall–Kier alpha value is -2.44. The molecule has 1 aliphatic rings. The van der Waals surface area contributed by atoms with Crippen LogP contribution >= 0.6 is 23.2 Å². The van der Waals surface area contributed by atoms with Crippen LogP contribution in [-0.4, -0.2) is 32.1 Å². The topological polar surface area (TPSA) is 67.9 Å². The maximum atomic E-state index is 12.9. The molecule has 1 unspecified atom stereocenters. The number of nitrogens with zero attached hydrogens (tertiary/aromatic N) is 1. The third-order valence-corrected chi connectivity index (χ3v) is 5.02. The molecule has 148 valence electrons. The van der Waals surface area contributed by atoms with Crippen molar-refractivity contribution in [1.82, 2.24) is 5.32 Å². The first-order chi connectivity index (χ1) is 13.4. The van der Waals surface area contributed by atoms with Gasteiger partial charge in [0.05, 0.1) is 24.4 Å². The summed E-state index contributed by atoms with van der Waals surface area (Å²) < 4.78 is 11.0. The standard InChI is InChI=1S/C20H20Cl2N2O4/c1-12(25)23-18-17-13(21)8-9-14(22)19(17)24(20(18)26)10-5-11-28-16-7-4-3-6-15(16)27-2/h3-4,6-9,18H,5,10-11H2,1-2H3,(H,23,25). The zero-order chi connectivity index (χ0) is 20.3. The number of carbonyl (C=O) groups is 2. The number of benzene rings is 2. The third kappa shape index (κ3) is 4.03. The van der Waals surface area contributed by atoms with Gasteiger partial charge in [-0.3, -0.25) is 9.59 Å². The summed E-state index contributed by atoms with van der Waals surface area (Å²) in [6, 6.07) is 9.78. The zero-order valence-electron chi connectivity index (χ0n) is 15.5. The number of halogens is 2. The van der Waals surface area contributed by atoms with Gasteiger partial charge in [-0.05, 0) is 30.7 Å². The van der Waals surface area contributed by atoms with Gasteiger partial charge in [0.1, 0.15) is 6.04 Å². The molecule has 2 aromatic carbocycles. The summed E-state index contributed by atoms with van der Waals surface area (Å²) >= 11 is 12.6. The number of rotatable bonds is 7. The number of hydrogen-bond acceptors (Lipinski definition) is 4. The number of nitrogens with one attached hydrogen (secondary N) is 1. The van der Waals surface area contributed by atoms with Gasteiger partial charge in [-0.2, -0.15) is 0 Å². The van der Waals surface area contributed by atoms with E-state index in [1.807, 2.05) is 24.3 Å². The number of ether oxygens (including phenoxy) is 2. The molecular weight excluding hydrogens is 403 g/mol. The van der Waals surface area contributed by atoms with E-state index in [0.29, 0.717) is 52.4 Å². The number of carbonyl (C=O) groups excluding carboxylic acids is 2. The largest absolute Gasteiger partial charge is 0.493 e. The second-order valence-corrected chi connectivity index (χ2v) is 7.08. The lowest BCUT2D eigenvalue weighted by atomic mass is 10.1. The van der Waals surface area contributed by atoms with Crippen molar-refractivity contribution in [2.24, 2.45) is 0 Å². The van der Waals surface area contributed by atoms with E-state index in [4.69, 9.17) is 32.7 Å².